The van der Waals surface area contributed by atoms with E-state index in [1.807, 2.05) is 0 Å². The zero-order chi connectivity index (χ0) is 15.8. The molecule has 0 spiro atoms. The van der Waals surface area contributed by atoms with Crippen LogP contribution in [0.3, 0.4) is 0 Å². The number of amides is 1. The first kappa shape index (κ1) is 17.2. The van der Waals surface area contributed by atoms with Crippen LogP contribution in [0.5, 0.6) is 0 Å². The molecule has 2 aromatic carbocycles. The molecule has 2 aliphatic carbocycles. The summed E-state index contributed by atoms with van der Waals surface area (Å²) in [4.78, 5) is 12.5. The number of hydrogen-bond acceptors (Lipinski definition) is 2. The Kier molecular flexibility index (Phi) is 5.12. The van der Waals surface area contributed by atoms with Gasteiger partial charge in [-0.25, -0.2) is 0 Å². The van der Waals surface area contributed by atoms with Crippen molar-refractivity contribution in [2.45, 2.75) is 50.1 Å². The van der Waals surface area contributed by atoms with Gasteiger partial charge in [0.2, 0.25) is 5.91 Å². The Bertz CT molecular complexity index is 719. The van der Waals surface area contributed by atoms with Gasteiger partial charge >= 0.3 is 0 Å². The van der Waals surface area contributed by atoms with E-state index in [0.29, 0.717) is 18.0 Å². The fraction of sp³-hybridized carbons (Fsp3) is 0.450. The lowest BCUT2D eigenvalue weighted by molar-refractivity contribution is -0.123. The summed E-state index contributed by atoms with van der Waals surface area (Å²) in [5.41, 5.74) is 7.27. The second-order valence-electron chi connectivity index (χ2n) is 7.14. The lowest BCUT2D eigenvalue weighted by Gasteiger charge is -2.26. The molecule has 2 unspecified atom stereocenters. The van der Waals surface area contributed by atoms with Crippen molar-refractivity contribution in [2.24, 2.45) is 11.7 Å². The lowest BCUT2D eigenvalue weighted by Crippen LogP contribution is -2.41. The van der Waals surface area contributed by atoms with E-state index in [9.17, 15) is 4.79 Å². The highest BCUT2D eigenvalue weighted by Gasteiger charge is 2.45. The molecule has 2 fully saturated rings. The molecule has 4 rings (SSSR count). The molecular formula is C20H25ClN2O. The van der Waals surface area contributed by atoms with Crippen LogP contribution in [0.25, 0.3) is 10.8 Å². The Morgan fingerprint density at radius 1 is 1.00 bits per heavy atom. The fourth-order valence-electron chi connectivity index (χ4n) is 3.97. The van der Waals surface area contributed by atoms with Crippen molar-refractivity contribution in [3.8, 4) is 0 Å². The van der Waals surface area contributed by atoms with Crippen molar-refractivity contribution in [3.05, 3.63) is 48.0 Å². The number of rotatable bonds is 3. The van der Waals surface area contributed by atoms with Crippen LogP contribution in [-0.2, 0) is 4.79 Å². The molecular weight excluding hydrogens is 320 g/mol. The minimum atomic E-state index is 0. The molecule has 0 saturated heterocycles. The maximum Gasteiger partial charge on any atom is 0.223 e. The standard InChI is InChI=1S/C20H24N2O.ClH/c21-14-8-10-15(11-9-14)22-20(23)19-12-18(19)17-7-3-5-13-4-1-2-6-16(13)17;/h1-7,14-15,18-19H,8-12,21H2,(H,22,23);1H. The number of halogens is 1. The first-order valence-electron chi connectivity index (χ1n) is 8.76. The summed E-state index contributed by atoms with van der Waals surface area (Å²) in [6.07, 6.45) is 5.09. The predicted molar refractivity (Wildman–Crippen MR) is 100 cm³/mol. The molecule has 2 atom stereocenters. The van der Waals surface area contributed by atoms with Gasteiger partial charge in [0, 0.05) is 18.0 Å². The minimum Gasteiger partial charge on any atom is -0.353 e. The molecule has 2 aromatic rings. The Hall–Kier alpha value is -1.58. The van der Waals surface area contributed by atoms with Crippen molar-refractivity contribution in [2.75, 3.05) is 0 Å². The number of carbonyl (C=O) groups excluding carboxylic acids is 1. The highest BCUT2D eigenvalue weighted by atomic mass is 35.5. The molecule has 3 N–H and O–H groups in total. The predicted octanol–water partition coefficient (Wildman–Crippen LogP) is 3.75. The molecule has 0 bridgehead atoms. The van der Waals surface area contributed by atoms with Gasteiger partial charge in [-0.3, -0.25) is 4.79 Å². The summed E-state index contributed by atoms with van der Waals surface area (Å²) in [6.45, 7) is 0. The van der Waals surface area contributed by atoms with Gasteiger partial charge in [0.15, 0.2) is 0 Å². The van der Waals surface area contributed by atoms with E-state index < -0.39 is 0 Å². The average Bonchev–Trinajstić information content (AvgIpc) is 3.37. The van der Waals surface area contributed by atoms with E-state index in [1.165, 1.54) is 16.3 Å². The molecule has 1 amide bonds. The zero-order valence-corrected chi connectivity index (χ0v) is 14.6. The van der Waals surface area contributed by atoms with Gasteiger partial charge in [-0.1, -0.05) is 42.5 Å². The van der Waals surface area contributed by atoms with Crippen LogP contribution in [0.4, 0.5) is 0 Å². The topological polar surface area (TPSA) is 55.1 Å². The van der Waals surface area contributed by atoms with E-state index in [0.717, 1.165) is 32.1 Å². The van der Waals surface area contributed by atoms with E-state index in [1.54, 1.807) is 0 Å². The highest BCUT2D eigenvalue weighted by Crippen LogP contribution is 2.49. The van der Waals surface area contributed by atoms with Crippen molar-refractivity contribution in [3.63, 3.8) is 0 Å². The summed E-state index contributed by atoms with van der Waals surface area (Å²) in [7, 11) is 0. The molecule has 3 nitrogen and oxygen atoms in total. The second-order valence-corrected chi connectivity index (χ2v) is 7.14. The second kappa shape index (κ2) is 7.12. The zero-order valence-electron chi connectivity index (χ0n) is 13.8. The molecule has 0 heterocycles. The van der Waals surface area contributed by atoms with Gasteiger partial charge in [0.25, 0.3) is 0 Å². The smallest absolute Gasteiger partial charge is 0.223 e. The SMILES string of the molecule is Cl.NC1CCC(NC(=O)C2CC2c2cccc3ccccc23)CC1. The molecule has 0 radical (unpaired) electrons. The van der Waals surface area contributed by atoms with Gasteiger partial charge in [-0.05, 0) is 54.4 Å². The van der Waals surface area contributed by atoms with Crippen LogP contribution in [0.1, 0.15) is 43.6 Å². The van der Waals surface area contributed by atoms with Gasteiger partial charge in [0.1, 0.15) is 0 Å². The minimum absolute atomic E-state index is 0. The highest BCUT2D eigenvalue weighted by molar-refractivity contribution is 5.89. The van der Waals surface area contributed by atoms with Crippen molar-refractivity contribution < 1.29 is 4.79 Å². The number of nitrogens with two attached hydrogens (primary N) is 1. The third-order valence-electron chi connectivity index (χ3n) is 5.47. The number of hydrogen-bond donors (Lipinski definition) is 2. The molecule has 0 aliphatic heterocycles. The van der Waals surface area contributed by atoms with Gasteiger partial charge in [0.05, 0.1) is 0 Å². The van der Waals surface area contributed by atoms with Gasteiger partial charge in [-0.15, -0.1) is 12.4 Å². The average molecular weight is 345 g/mol. The van der Waals surface area contributed by atoms with Crippen LogP contribution in [-0.4, -0.2) is 18.0 Å². The van der Waals surface area contributed by atoms with Gasteiger partial charge < -0.3 is 11.1 Å². The first-order chi connectivity index (χ1) is 11.2. The largest absolute Gasteiger partial charge is 0.353 e. The molecule has 128 valence electrons. The molecule has 2 aliphatic rings. The Morgan fingerprint density at radius 3 is 2.50 bits per heavy atom. The number of benzene rings is 2. The summed E-state index contributed by atoms with van der Waals surface area (Å²) in [5.74, 6) is 0.770. The lowest BCUT2D eigenvalue weighted by atomic mass is 9.91. The summed E-state index contributed by atoms with van der Waals surface area (Å²) in [5, 5.41) is 5.81. The molecule has 4 heteroatoms. The van der Waals surface area contributed by atoms with Crippen LogP contribution < -0.4 is 11.1 Å². The first-order valence-corrected chi connectivity index (χ1v) is 8.76. The summed E-state index contributed by atoms with van der Waals surface area (Å²) in [6, 6.07) is 15.5. The summed E-state index contributed by atoms with van der Waals surface area (Å²) < 4.78 is 0. The third-order valence-corrected chi connectivity index (χ3v) is 5.47. The van der Waals surface area contributed by atoms with Crippen LogP contribution >= 0.6 is 12.4 Å². The van der Waals surface area contributed by atoms with E-state index in [4.69, 9.17) is 5.73 Å². The van der Waals surface area contributed by atoms with E-state index in [-0.39, 0.29) is 24.2 Å². The van der Waals surface area contributed by atoms with Gasteiger partial charge in [-0.2, -0.15) is 0 Å². The summed E-state index contributed by atoms with van der Waals surface area (Å²) >= 11 is 0. The third kappa shape index (κ3) is 3.42. The number of fused-ring (bicyclic) bond motifs is 1. The van der Waals surface area contributed by atoms with E-state index in [2.05, 4.69) is 47.8 Å². The maximum atomic E-state index is 12.5. The maximum absolute atomic E-state index is 12.5. The number of carbonyl (C=O) groups is 1. The molecule has 2 saturated carbocycles. The van der Waals surface area contributed by atoms with Crippen molar-refractivity contribution >= 4 is 29.1 Å². The van der Waals surface area contributed by atoms with E-state index >= 15 is 0 Å². The van der Waals surface area contributed by atoms with Crippen LogP contribution in [0.15, 0.2) is 42.5 Å². The molecule has 0 aromatic heterocycles. The normalized spacial score (nSPS) is 28.9. The number of nitrogens with one attached hydrogen (secondary N) is 1. The Labute approximate surface area is 149 Å². The Morgan fingerprint density at radius 2 is 1.71 bits per heavy atom. The van der Waals surface area contributed by atoms with Crippen molar-refractivity contribution in [1.29, 1.82) is 0 Å². The monoisotopic (exact) mass is 344 g/mol. The van der Waals surface area contributed by atoms with Crippen molar-refractivity contribution in [1.82, 2.24) is 5.32 Å². The van der Waals surface area contributed by atoms with Crippen LogP contribution in [0.2, 0.25) is 0 Å². The van der Waals surface area contributed by atoms with Crippen LogP contribution in [0, 0.1) is 5.92 Å². The molecule has 24 heavy (non-hydrogen) atoms. The fourth-order valence-corrected chi connectivity index (χ4v) is 3.97. The quantitative estimate of drug-likeness (QED) is 0.890. The Balaban J connectivity index is 0.00000169.